The standard InChI is InChI=1S/C9H10N2O3/c1-10-4-2-6-7(10)3-5-11(8(6)12)9(13)14/h2,4H,3,5H2,1H3,(H,13,14). The number of carboxylic acid groups (broad SMARTS) is 1. The molecule has 0 spiro atoms. The molecule has 0 bridgehead atoms. The summed E-state index contributed by atoms with van der Waals surface area (Å²) < 4.78 is 1.85. The van der Waals surface area contributed by atoms with Crippen LogP contribution in [0.3, 0.4) is 0 Å². The normalized spacial score (nSPS) is 15.5. The average molecular weight is 194 g/mol. The summed E-state index contributed by atoms with van der Waals surface area (Å²) in [6.07, 6.45) is 1.19. The fourth-order valence-corrected chi connectivity index (χ4v) is 1.72. The van der Waals surface area contributed by atoms with Crippen molar-refractivity contribution in [3.05, 3.63) is 23.5 Å². The largest absolute Gasteiger partial charge is 0.465 e. The van der Waals surface area contributed by atoms with Crippen LogP contribution in [0, 0.1) is 0 Å². The van der Waals surface area contributed by atoms with E-state index in [-0.39, 0.29) is 6.54 Å². The Labute approximate surface area is 80.5 Å². The van der Waals surface area contributed by atoms with E-state index in [9.17, 15) is 9.59 Å². The number of rotatable bonds is 0. The highest BCUT2D eigenvalue weighted by molar-refractivity contribution is 6.04. The molecule has 5 heteroatoms. The molecule has 2 rings (SSSR count). The lowest BCUT2D eigenvalue weighted by atomic mass is 10.1. The Kier molecular flexibility index (Phi) is 1.80. The second-order valence-electron chi connectivity index (χ2n) is 3.28. The monoisotopic (exact) mass is 194 g/mol. The first-order valence-electron chi connectivity index (χ1n) is 4.30. The third-order valence-electron chi connectivity index (χ3n) is 2.48. The number of amides is 2. The summed E-state index contributed by atoms with van der Waals surface area (Å²) in [6.45, 7) is 0.249. The molecule has 2 amide bonds. The minimum absolute atomic E-state index is 0.249. The topological polar surface area (TPSA) is 62.5 Å². The van der Waals surface area contributed by atoms with E-state index < -0.39 is 12.0 Å². The molecule has 0 aliphatic carbocycles. The molecule has 0 unspecified atom stereocenters. The zero-order chi connectivity index (χ0) is 10.3. The van der Waals surface area contributed by atoms with Gasteiger partial charge >= 0.3 is 6.09 Å². The second kappa shape index (κ2) is 2.87. The number of hydrogen-bond donors (Lipinski definition) is 1. The summed E-state index contributed by atoms with van der Waals surface area (Å²) in [7, 11) is 1.85. The Bertz CT molecular complexity index is 408. The van der Waals surface area contributed by atoms with Crippen molar-refractivity contribution >= 4 is 12.0 Å². The van der Waals surface area contributed by atoms with Crippen LogP contribution >= 0.6 is 0 Å². The Hall–Kier alpha value is -1.78. The van der Waals surface area contributed by atoms with Gasteiger partial charge in [-0.15, -0.1) is 0 Å². The van der Waals surface area contributed by atoms with Gasteiger partial charge in [0.05, 0.1) is 5.56 Å². The number of aryl methyl sites for hydroxylation is 1. The van der Waals surface area contributed by atoms with Crippen LogP contribution in [0.4, 0.5) is 4.79 Å². The molecule has 14 heavy (non-hydrogen) atoms. The maximum absolute atomic E-state index is 11.6. The van der Waals surface area contributed by atoms with Crippen LogP contribution in [0.25, 0.3) is 0 Å². The Morgan fingerprint density at radius 3 is 2.93 bits per heavy atom. The molecule has 0 aromatic carbocycles. The molecule has 0 saturated heterocycles. The second-order valence-corrected chi connectivity index (χ2v) is 3.28. The molecular weight excluding hydrogens is 184 g/mol. The lowest BCUT2D eigenvalue weighted by Gasteiger charge is -2.22. The highest BCUT2D eigenvalue weighted by Gasteiger charge is 2.30. The zero-order valence-corrected chi connectivity index (χ0v) is 7.73. The molecule has 1 N–H and O–H groups in total. The van der Waals surface area contributed by atoms with Crippen molar-refractivity contribution in [1.29, 1.82) is 0 Å². The van der Waals surface area contributed by atoms with Crippen LogP contribution in [-0.4, -0.2) is 33.1 Å². The molecule has 1 aromatic rings. The molecule has 1 aliphatic rings. The van der Waals surface area contributed by atoms with E-state index in [0.29, 0.717) is 12.0 Å². The van der Waals surface area contributed by atoms with Gasteiger partial charge in [-0.05, 0) is 6.07 Å². The predicted molar refractivity (Wildman–Crippen MR) is 48.2 cm³/mol. The van der Waals surface area contributed by atoms with E-state index >= 15 is 0 Å². The number of aromatic nitrogens is 1. The number of imide groups is 1. The van der Waals surface area contributed by atoms with E-state index in [1.807, 2.05) is 11.6 Å². The van der Waals surface area contributed by atoms with E-state index in [1.165, 1.54) is 0 Å². The van der Waals surface area contributed by atoms with E-state index in [1.54, 1.807) is 12.3 Å². The average Bonchev–Trinajstić information content (AvgIpc) is 2.49. The van der Waals surface area contributed by atoms with Crippen LogP contribution < -0.4 is 0 Å². The van der Waals surface area contributed by atoms with Gasteiger partial charge in [0.2, 0.25) is 0 Å². The molecule has 5 nitrogen and oxygen atoms in total. The molecule has 0 fully saturated rings. The summed E-state index contributed by atoms with van der Waals surface area (Å²) >= 11 is 0. The van der Waals surface area contributed by atoms with Crippen molar-refractivity contribution in [3.63, 3.8) is 0 Å². The Morgan fingerprint density at radius 1 is 1.57 bits per heavy atom. The number of carbonyl (C=O) groups excluding carboxylic acids is 1. The summed E-state index contributed by atoms with van der Waals surface area (Å²) in [5, 5.41) is 8.74. The summed E-state index contributed by atoms with van der Waals surface area (Å²) in [5.41, 5.74) is 1.41. The third-order valence-corrected chi connectivity index (χ3v) is 2.48. The van der Waals surface area contributed by atoms with E-state index in [2.05, 4.69) is 0 Å². The molecular formula is C9H10N2O3. The van der Waals surface area contributed by atoms with Gasteiger partial charge in [-0.1, -0.05) is 0 Å². The fourth-order valence-electron chi connectivity index (χ4n) is 1.72. The molecule has 2 heterocycles. The summed E-state index contributed by atoms with van der Waals surface area (Å²) in [5.74, 6) is -0.417. The summed E-state index contributed by atoms with van der Waals surface area (Å²) in [4.78, 5) is 23.1. The SMILES string of the molecule is Cn1ccc2c1CCN(C(=O)O)C2=O. The number of hydrogen-bond acceptors (Lipinski definition) is 2. The fraction of sp³-hybridized carbons (Fsp3) is 0.333. The zero-order valence-electron chi connectivity index (χ0n) is 7.73. The van der Waals surface area contributed by atoms with Gasteiger partial charge in [0.1, 0.15) is 0 Å². The minimum atomic E-state index is -1.18. The van der Waals surface area contributed by atoms with Gasteiger partial charge in [-0.25, -0.2) is 9.69 Å². The van der Waals surface area contributed by atoms with Crippen LogP contribution in [0.1, 0.15) is 16.1 Å². The van der Waals surface area contributed by atoms with Crippen molar-refractivity contribution in [2.24, 2.45) is 7.05 Å². The molecule has 74 valence electrons. The van der Waals surface area contributed by atoms with Gasteiger partial charge in [0, 0.05) is 31.9 Å². The number of carbonyl (C=O) groups is 2. The first kappa shape index (κ1) is 8.80. The number of fused-ring (bicyclic) bond motifs is 1. The molecule has 0 atom stereocenters. The van der Waals surface area contributed by atoms with Gasteiger partial charge in [0.15, 0.2) is 0 Å². The molecule has 0 saturated carbocycles. The molecule has 1 aliphatic heterocycles. The Morgan fingerprint density at radius 2 is 2.29 bits per heavy atom. The number of nitrogens with zero attached hydrogens (tertiary/aromatic N) is 2. The van der Waals surface area contributed by atoms with Gasteiger partial charge in [-0.2, -0.15) is 0 Å². The van der Waals surface area contributed by atoms with Crippen molar-refractivity contribution in [2.45, 2.75) is 6.42 Å². The third kappa shape index (κ3) is 1.09. The maximum atomic E-state index is 11.6. The van der Waals surface area contributed by atoms with Gasteiger partial charge in [-0.3, -0.25) is 4.79 Å². The first-order chi connectivity index (χ1) is 6.61. The van der Waals surface area contributed by atoms with Crippen LogP contribution in [-0.2, 0) is 13.5 Å². The van der Waals surface area contributed by atoms with Gasteiger partial charge in [0.25, 0.3) is 5.91 Å². The van der Waals surface area contributed by atoms with Crippen LogP contribution in [0.15, 0.2) is 12.3 Å². The minimum Gasteiger partial charge on any atom is -0.465 e. The first-order valence-corrected chi connectivity index (χ1v) is 4.30. The Balaban J connectivity index is 2.42. The lowest BCUT2D eigenvalue weighted by Crippen LogP contribution is -2.41. The maximum Gasteiger partial charge on any atom is 0.414 e. The van der Waals surface area contributed by atoms with E-state index in [0.717, 1.165) is 10.6 Å². The molecule has 0 radical (unpaired) electrons. The lowest BCUT2D eigenvalue weighted by molar-refractivity contribution is 0.0725. The quantitative estimate of drug-likeness (QED) is 0.661. The van der Waals surface area contributed by atoms with Crippen LogP contribution in [0.2, 0.25) is 0 Å². The van der Waals surface area contributed by atoms with Crippen molar-refractivity contribution in [3.8, 4) is 0 Å². The van der Waals surface area contributed by atoms with Crippen molar-refractivity contribution < 1.29 is 14.7 Å². The smallest absolute Gasteiger partial charge is 0.414 e. The predicted octanol–water partition coefficient (Wildman–Crippen LogP) is 0.701. The summed E-state index contributed by atoms with van der Waals surface area (Å²) in [6, 6.07) is 1.66. The van der Waals surface area contributed by atoms with E-state index in [4.69, 9.17) is 5.11 Å². The van der Waals surface area contributed by atoms with Crippen molar-refractivity contribution in [1.82, 2.24) is 9.47 Å². The highest BCUT2D eigenvalue weighted by atomic mass is 16.4. The van der Waals surface area contributed by atoms with Gasteiger partial charge < -0.3 is 9.67 Å². The van der Waals surface area contributed by atoms with Crippen molar-refractivity contribution in [2.75, 3.05) is 6.54 Å². The molecule has 1 aromatic heterocycles. The van der Waals surface area contributed by atoms with Crippen LogP contribution in [0.5, 0.6) is 0 Å². The highest BCUT2D eigenvalue weighted by Crippen LogP contribution is 2.19.